The van der Waals surface area contributed by atoms with Crippen molar-refractivity contribution < 1.29 is 0 Å². The molecule has 0 unspecified atom stereocenters. The first-order valence-electron chi connectivity index (χ1n) is 6.19. The number of piperazine rings is 1. The Morgan fingerprint density at radius 1 is 1.39 bits per heavy atom. The minimum Gasteiger partial charge on any atom is -0.397 e. The highest BCUT2D eigenvalue weighted by atomic mass is 79.9. The Bertz CT molecular complexity index is 459. The molecule has 1 saturated heterocycles. The van der Waals surface area contributed by atoms with E-state index in [9.17, 15) is 0 Å². The molecule has 1 fully saturated rings. The predicted molar refractivity (Wildman–Crippen MR) is 80.0 cm³/mol. The van der Waals surface area contributed by atoms with Crippen molar-refractivity contribution in [3.05, 3.63) is 16.2 Å². The normalized spacial score (nSPS) is 20.2. The molecule has 0 radical (unpaired) electrons. The van der Waals surface area contributed by atoms with E-state index >= 15 is 0 Å². The number of rotatable bonds is 1. The molecule has 2 rings (SSSR count). The zero-order valence-corrected chi connectivity index (χ0v) is 13.1. The van der Waals surface area contributed by atoms with Crippen LogP contribution in [-0.2, 0) is 0 Å². The molecular formula is C13H21BrN4. The molecule has 0 saturated carbocycles. The van der Waals surface area contributed by atoms with Crippen LogP contribution in [0.15, 0.2) is 10.7 Å². The van der Waals surface area contributed by atoms with Gasteiger partial charge >= 0.3 is 0 Å². The lowest BCUT2D eigenvalue weighted by molar-refractivity contribution is 0.138. The molecule has 1 aromatic rings. The average Bonchev–Trinajstić information content (AvgIpc) is 2.30. The van der Waals surface area contributed by atoms with Gasteiger partial charge in [-0.15, -0.1) is 0 Å². The zero-order valence-electron chi connectivity index (χ0n) is 11.5. The van der Waals surface area contributed by atoms with Crippen LogP contribution in [0.2, 0.25) is 0 Å². The maximum atomic E-state index is 5.88. The van der Waals surface area contributed by atoms with E-state index in [0.29, 0.717) is 0 Å². The first kappa shape index (κ1) is 13.6. The van der Waals surface area contributed by atoms with Crippen molar-refractivity contribution in [1.29, 1.82) is 0 Å². The minimum absolute atomic E-state index is 0.161. The van der Waals surface area contributed by atoms with Crippen molar-refractivity contribution in [3.63, 3.8) is 0 Å². The molecule has 4 nitrogen and oxygen atoms in total. The summed E-state index contributed by atoms with van der Waals surface area (Å²) < 4.78 is 1.02. The van der Waals surface area contributed by atoms with Crippen LogP contribution in [0.3, 0.4) is 0 Å². The van der Waals surface area contributed by atoms with Crippen molar-refractivity contribution in [2.24, 2.45) is 0 Å². The Balaban J connectivity index is 2.31. The van der Waals surface area contributed by atoms with E-state index in [2.05, 4.69) is 51.6 Å². The molecule has 0 aliphatic carbocycles. The third kappa shape index (κ3) is 2.34. The van der Waals surface area contributed by atoms with Crippen LogP contribution in [0.25, 0.3) is 0 Å². The molecule has 18 heavy (non-hydrogen) atoms. The van der Waals surface area contributed by atoms with E-state index in [1.807, 2.05) is 6.92 Å². The van der Waals surface area contributed by atoms with Crippen LogP contribution in [0.5, 0.6) is 0 Å². The first-order valence-corrected chi connectivity index (χ1v) is 6.99. The van der Waals surface area contributed by atoms with Gasteiger partial charge in [-0.1, -0.05) is 0 Å². The van der Waals surface area contributed by atoms with Crippen molar-refractivity contribution >= 4 is 27.4 Å². The number of nitrogen functional groups attached to an aromatic ring is 1. The topological polar surface area (TPSA) is 45.4 Å². The highest BCUT2D eigenvalue weighted by molar-refractivity contribution is 9.10. The summed E-state index contributed by atoms with van der Waals surface area (Å²) in [6.07, 6.45) is 1.75. The SMILES string of the molecule is Cc1c(N)cnc(N2CCN(C)C(C)(C)C2)c1Br. The van der Waals surface area contributed by atoms with Gasteiger partial charge in [0.05, 0.1) is 16.4 Å². The highest BCUT2D eigenvalue weighted by Gasteiger charge is 2.32. The van der Waals surface area contributed by atoms with E-state index in [4.69, 9.17) is 5.73 Å². The fraction of sp³-hybridized carbons (Fsp3) is 0.615. The van der Waals surface area contributed by atoms with Gasteiger partial charge in [0.25, 0.3) is 0 Å². The van der Waals surface area contributed by atoms with Crippen LogP contribution in [-0.4, -0.2) is 42.1 Å². The molecule has 0 atom stereocenters. The van der Waals surface area contributed by atoms with Gasteiger partial charge in [0.1, 0.15) is 5.82 Å². The Morgan fingerprint density at radius 2 is 2.06 bits per heavy atom. The van der Waals surface area contributed by atoms with E-state index in [-0.39, 0.29) is 5.54 Å². The lowest BCUT2D eigenvalue weighted by Gasteiger charge is -2.46. The molecule has 2 heterocycles. The second-order valence-corrected chi connectivity index (χ2v) is 6.42. The van der Waals surface area contributed by atoms with Crippen LogP contribution < -0.4 is 10.6 Å². The average molecular weight is 313 g/mol. The Hall–Kier alpha value is -0.810. The quantitative estimate of drug-likeness (QED) is 0.864. The second-order valence-electron chi connectivity index (χ2n) is 5.63. The molecule has 1 aliphatic heterocycles. The summed E-state index contributed by atoms with van der Waals surface area (Å²) in [7, 11) is 2.17. The molecule has 0 aromatic carbocycles. The Labute approximate surface area is 117 Å². The Kier molecular flexibility index (Phi) is 3.56. The third-order valence-electron chi connectivity index (χ3n) is 3.90. The fourth-order valence-corrected chi connectivity index (χ4v) is 2.80. The van der Waals surface area contributed by atoms with Crippen LogP contribution >= 0.6 is 15.9 Å². The highest BCUT2D eigenvalue weighted by Crippen LogP contribution is 2.32. The van der Waals surface area contributed by atoms with E-state index in [1.165, 1.54) is 0 Å². The minimum atomic E-state index is 0.161. The molecule has 1 aliphatic rings. The molecule has 5 heteroatoms. The van der Waals surface area contributed by atoms with Gasteiger partial charge in [-0.05, 0) is 49.3 Å². The predicted octanol–water partition coefficient (Wildman–Crippen LogP) is 2.27. The number of nitrogens with two attached hydrogens (primary N) is 1. The second kappa shape index (κ2) is 4.70. The molecule has 1 aromatic heterocycles. The number of likely N-dealkylation sites (N-methyl/N-ethyl adjacent to an activating group) is 1. The lowest BCUT2D eigenvalue weighted by atomic mass is 9.99. The van der Waals surface area contributed by atoms with Crippen molar-refractivity contribution in [1.82, 2.24) is 9.88 Å². The Morgan fingerprint density at radius 3 is 2.67 bits per heavy atom. The molecule has 0 bridgehead atoms. The maximum absolute atomic E-state index is 5.88. The van der Waals surface area contributed by atoms with Crippen LogP contribution in [0.4, 0.5) is 11.5 Å². The summed E-state index contributed by atoms with van der Waals surface area (Å²) in [6, 6.07) is 0. The van der Waals surface area contributed by atoms with Crippen molar-refractivity contribution in [3.8, 4) is 0 Å². The summed E-state index contributed by atoms with van der Waals surface area (Å²) in [5, 5.41) is 0. The van der Waals surface area contributed by atoms with Crippen molar-refractivity contribution in [2.45, 2.75) is 26.3 Å². The standard InChI is InChI=1S/C13H21BrN4/c1-9-10(15)7-16-12(11(9)14)18-6-5-17(4)13(2,3)8-18/h7H,5-6,8,15H2,1-4H3. The molecule has 2 N–H and O–H groups in total. The summed E-state index contributed by atoms with van der Waals surface area (Å²) in [6.45, 7) is 9.55. The number of hydrogen-bond acceptors (Lipinski definition) is 4. The van der Waals surface area contributed by atoms with Gasteiger partial charge in [-0.3, -0.25) is 4.90 Å². The smallest absolute Gasteiger partial charge is 0.143 e. The summed E-state index contributed by atoms with van der Waals surface area (Å²) in [4.78, 5) is 9.21. The molecule has 0 amide bonds. The van der Waals surface area contributed by atoms with Gasteiger partial charge in [0.15, 0.2) is 0 Å². The monoisotopic (exact) mass is 312 g/mol. The number of pyridine rings is 1. The van der Waals surface area contributed by atoms with Gasteiger partial charge < -0.3 is 10.6 Å². The number of hydrogen-bond donors (Lipinski definition) is 1. The van der Waals surface area contributed by atoms with E-state index in [0.717, 1.165) is 41.2 Å². The third-order valence-corrected chi connectivity index (χ3v) is 4.85. The largest absolute Gasteiger partial charge is 0.397 e. The number of nitrogens with zero attached hydrogens (tertiary/aromatic N) is 3. The van der Waals surface area contributed by atoms with Gasteiger partial charge in [0.2, 0.25) is 0 Å². The lowest BCUT2D eigenvalue weighted by Crippen LogP contribution is -2.58. The van der Waals surface area contributed by atoms with E-state index < -0.39 is 0 Å². The maximum Gasteiger partial charge on any atom is 0.143 e. The van der Waals surface area contributed by atoms with Gasteiger partial charge in [-0.2, -0.15) is 0 Å². The summed E-state index contributed by atoms with van der Waals surface area (Å²) >= 11 is 3.62. The summed E-state index contributed by atoms with van der Waals surface area (Å²) in [5.74, 6) is 1.00. The van der Waals surface area contributed by atoms with Gasteiger partial charge in [0, 0.05) is 25.2 Å². The molecule has 100 valence electrons. The van der Waals surface area contributed by atoms with Gasteiger partial charge in [-0.25, -0.2) is 4.98 Å². The van der Waals surface area contributed by atoms with Crippen molar-refractivity contribution in [2.75, 3.05) is 37.3 Å². The van der Waals surface area contributed by atoms with Crippen LogP contribution in [0, 0.1) is 6.92 Å². The zero-order chi connectivity index (χ0) is 13.5. The van der Waals surface area contributed by atoms with E-state index in [1.54, 1.807) is 6.20 Å². The number of halogens is 1. The summed E-state index contributed by atoms with van der Waals surface area (Å²) in [5.41, 5.74) is 7.84. The first-order chi connectivity index (χ1) is 8.33. The van der Waals surface area contributed by atoms with Crippen LogP contribution in [0.1, 0.15) is 19.4 Å². The molecule has 0 spiro atoms. The molecular weight excluding hydrogens is 292 g/mol. The number of anilines is 2. The fourth-order valence-electron chi connectivity index (χ4n) is 2.22. The number of aromatic nitrogens is 1.